The zero-order valence-electron chi connectivity index (χ0n) is 16.6. The summed E-state index contributed by atoms with van der Waals surface area (Å²) < 4.78 is 5.09. The van der Waals surface area contributed by atoms with Crippen molar-refractivity contribution in [3.8, 4) is 0 Å². The van der Waals surface area contributed by atoms with Crippen molar-refractivity contribution in [1.29, 1.82) is 0 Å². The SMILES string of the molecule is CCNC(=NCc1ccc2c(c1)CCC2)NC1CCN(C(=O)OCC)CC1. The van der Waals surface area contributed by atoms with E-state index in [2.05, 4.69) is 35.8 Å². The highest BCUT2D eigenvalue weighted by Crippen LogP contribution is 2.23. The van der Waals surface area contributed by atoms with Crippen molar-refractivity contribution in [3.63, 3.8) is 0 Å². The third kappa shape index (κ3) is 5.37. The molecule has 27 heavy (non-hydrogen) atoms. The van der Waals surface area contributed by atoms with E-state index in [1.807, 2.05) is 6.92 Å². The molecule has 1 fully saturated rings. The van der Waals surface area contributed by atoms with E-state index in [4.69, 9.17) is 9.73 Å². The quantitative estimate of drug-likeness (QED) is 0.616. The Bertz CT molecular complexity index is 666. The van der Waals surface area contributed by atoms with Crippen molar-refractivity contribution in [2.75, 3.05) is 26.2 Å². The second-order valence-corrected chi connectivity index (χ2v) is 7.26. The summed E-state index contributed by atoms with van der Waals surface area (Å²) in [5, 5.41) is 6.87. The van der Waals surface area contributed by atoms with Crippen LogP contribution >= 0.6 is 0 Å². The molecule has 1 heterocycles. The lowest BCUT2D eigenvalue weighted by atomic mass is 10.1. The van der Waals surface area contributed by atoms with Gasteiger partial charge in [-0.05, 0) is 62.6 Å². The lowest BCUT2D eigenvalue weighted by molar-refractivity contribution is 0.0963. The largest absolute Gasteiger partial charge is 0.450 e. The minimum atomic E-state index is -0.201. The summed E-state index contributed by atoms with van der Waals surface area (Å²) in [6.45, 7) is 7.31. The van der Waals surface area contributed by atoms with Gasteiger partial charge in [0.1, 0.15) is 0 Å². The van der Waals surface area contributed by atoms with E-state index in [9.17, 15) is 4.79 Å². The number of rotatable bonds is 5. The number of nitrogens with one attached hydrogen (secondary N) is 2. The number of hydrogen-bond acceptors (Lipinski definition) is 3. The third-order valence-corrected chi connectivity index (χ3v) is 5.29. The van der Waals surface area contributed by atoms with Crippen LogP contribution in [-0.4, -0.2) is 49.2 Å². The van der Waals surface area contributed by atoms with Gasteiger partial charge in [-0.1, -0.05) is 18.2 Å². The fourth-order valence-corrected chi connectivity index (χ4v) is 3.83. The minimum Gasteiger partial charge on any atom is -0.450 e. The lowest BCUT2D eigenvalue weighted by Crippen LogP contribution is -2.49. The van der Waals surface area contributed by atoms with Gasteiger partial charge in [-0.3, -0.25) is 0 Å². The molecule has 1 aliphatic carbocycles. The van der Waals surface area contributed by atoms with Crippen LogP contribution in [0.3, 0.4) is 0 Å². The number of aryl methyl sites for hydroxylation is 2. The van der Waals surface area contributed by atoms with Gasteiger partial charge in [0.15, 0.2) is 5.96 Å². The van der Waals surface area contributed by atoms with Gasteiger partial charge in [0.2, 0.25) is 0 Å². The molecule has 148 valence electrons. The first-order chi connectivity index (χ1) is 13.2. The molecule has 3 rings (SSSR count). The number of benzene rings is 1. The summed E-state index contributed by atoms with van der Waals surface area (Å²) in [4.78, 5) is 18.4. The first kappa shape index (κ1) is 19.5. The topological polar surface area (TPSA) is 66.0 Å². The molecule has 1 aromatic rings. The van der Waals surface area contributed by atoms with Crippen LogP contribution < -0.4 is 10.6 Å². The summed E-state index contributed by atoms with van der Waals surface area (Å²) in [5.41, 5.74) is 4.26. The average molecular weight is 373 g/mol. The molecular weight excluding hydrogens is 340 g/mol. The predicted octanol–water partition coefficient (Wildman–Crippen LogP) is 2.85. The highest BCUT2D eigenvalue weighted by Gasteiger charge is 2.24. The van der Waals surface area contributed by atoms with Crippen LogP contribution in [0, 0.1) is 0 Å². The van der Waals surface area contributed by atoms with E-state index in [1.54, 1.807) is 4.90 Å². The second-order valence-electron chi connectivity index (χ2n) is 7.26. The maximum atomic E-state index is 11.8. The van der Waals surface area contributed by atoms with Gasteiger partial charge in [0, 0.05) is 25.7 Å². The first-order valence-corrected chi connectivity index (χ1v) is 10.3. The standard InChI is InChI=1S/C21H32N4O2/c1-3-22-20(23-15-16-8-9-17-6-5-7-18(17)14-16)24-19-10-12-25(13-11-19)21(26)27-4-2/h8-9,14,19H,3-7,10-13,15H2,1-2H3,(H2,22,23,24). The molecule has 0 atom stereocenters. The second kappa shape index (κ2) is 9.62. The highest BCUT2D eigenvalue weighted by atomic mass is 16.6. The number of likely N-dealkylation sites (tertiary alicyclic amines) is 1. The maximum absolute atomic E-state index is 11.8. The molecule has 0 bridgehead atoms. The van der Waals surface area contributed by atoms with E-state index in [0.717, 1.165) is 38.4 Å². The number of amides is 1. The van der Waals surface area contributed by atoms with Crippen molar-refractivity contribution < 1.29 is 9.53 Å². The van der Waals surface area contributed by atoms with E-state index >= 15 is 0 Å². The monoisotopic (exact) mass is 372 g/mol. The van der Waals surface area contributed by atoms with E-state index in [1.165, 1.54) is 36.0 Å². The number of guanidine groups is 1. The van der Waals surface area contributed by atoms with Crippen LogP contribution in [0.5, 0.6) is 0 Å². The van der Waals surface area contributed by atoms with Crippen LogP contribution in [0.25, 0.3) is 0 Å². The molecule has 2 aliphatic rings. The Hall–Kier alpha value is -2.24. The average Bonchev–Trinajstić information content (AvgIpc) is 3.15. The maximum Gasteiger partial charge on any atom is 0.409 e. The summed E-state index contributed by atoms with van der Waals surface area (Å²) in [7, 11) is 0. The van der Waals surface area contributed by atoms with Gasteiger partial charge in [-0.2, -0.15) is 0 Å². The zero-order chi connectivity index (χ0) is 19.1. The number of piperidine rings is 1. The molecule has 1 aromatic carbocycles. The normalized spacial score (nSPS) is 17.6. The van der Waals surface area contributed by atoms with Crippen LogP contribution in [-0.2, 0) is 24.1 Å². The fraction of sp³-hybridized carbons (Fsp3) is 0.619. The summed E-state index contributed by atoms with van der Waals surface area (Å²) >= 11 is 0. The lowest BCUT2D eigenvalue weighted by Gasteiger charge is -2.32. The van der Waals surface area contributed by atoms with Gasteiger partial charge in [-0.15, -0.1) is 0 Å². The highest BCUT2D eigenvalue weighted by molar-refractivity contribution is 5.80. The van der Waals surface area contributed by atoms with E-state index < -0.39 is 0 Å². The number of aliphatic imine (C=N–C) groups is 1. The summed E-state index contributed by atoms with van der Waals surface area (Å²) in [6.07, 6.45) is 5.30. The molecule has 6 heteroatoms. The predicted molar refractivity (Wildman–Crippen MR) is 108 cm³/mol. The molecule has 2 N–H and O–H groups in total. The first-order valence-electron chi connectivity index (χ1n) is 10.3. The Labute approximate surface area is 162 Å². The molecule has 6 nitrogen and oxygen atoms in total. The molecule has 0 aromatic heterocycles. The molecule has 1 aliphatic heterocycles. The summed E-state index contributed by atoms with van der Waals surface area (Å²) in [5.74, 6) is 0.854. The number of hydrogen-bond donors (Lipinski definition) is 2. The molecular formula is C21H32N4O2. The smallest absolute Gasteiger partial charge is 0.409 e. The molecule has 1 saturated heterocycles. The zero-order valence-corrected chi connectivity index (χ0v) is 16.6. The Morgan fingerprint density at radius 2 is 2.00 bits per heavy atom. The van der Waals surface area contributed by atoms with Crippen molar-refractivity contribution in [2.24, 2.45) is 4.99 Å². The Kier molecular flexibility index (Phi) is 6.96. The van der Waals surface area contributed by atoms with E-state index in [0.29, 0.717) is 19.2 Å². The summed E-state index contributed by atoms with van der Waals surface area (Å²) in [6, 6.07) is 7.11. The Morgan fingerprint density at radius 3 is 2.74 bits per heavy atom. The van der Waals surface area contributed by atoms with E-state index in [-0.39, 0.29) is 6.09 Å². The molecule has 0 radical (unpaired) electrons. The van der Waals surface area contributed by atoms with Gasteiger partial charge in [0.05, 0.1) is 13.2 Å². The van der Waals surface area contributed by atoms with Gasteiger partial charge in [-0.25, -0.2) is 9.79 Å². The van der Waals surface area contributed by atoms with Crippen molar-refractivity contribution >= 4 is 12.1 Å². The van der Waals surface area contributed by atoms with Gasteiger partial charge < -0.3 is 20.3 Å². The molecule has 0 spiro atoms. The van der Waals surface area contributed by atoms with Gasteiger partial charge >= 0.3 is 6.09 Å². The van der Waals surface area contributed by atoms with Crippen LogP contribution in [0.2, 0.25) is 0 Å². The number of fused-ring (bicyclic) bond motifs is 1. The van der Waals surface area contributed by atoms with Crippen molar-refractivity contribution in [2.45, 2.75) is 58.5 Å². The van der Waals surface area contributed by atoms with Crippen LogP contribution in [0.15, 0.2) is 23.2 Å². The van der Waals surface area contributed by atoms with Crippen LogP contribution in [0.1, 0.15) is 49.8 Å². The Morgan fingerprint density at radius 1 is 1.22 bits per heavy atom. The number of nitrogens with zero attached hydrogens (tertiary/aromatic N) is 2. The molecule has 0 unspecified atom stereocenters. The molecule has 0 saturated carbocycles. The van der Waals surface area contributed by atoms with Gasteiger partial charge in [0.25, 0.3) is 0 Å². The van der Waals surface area contributed by atoms with Crippen molar-refractivity contribution in [3.05, 3.63) is 34.9 Å². The molecule has 1 amide bonds. The number of carbonyl (C=O) groups excluding carboxylic acids is 1. The van der Waals surface area contributed by atoms with Crippen LogP contribution in [0.4, 0.5) is 4.79 Å². The number of carbonyl (C=O) groups is 1. The minimum absolute atomic E-state index is 0.201. The Balaban J connectivity index is 1.53. The van der Waals surface area contributed by atoms with Crippen molar-refractivity contribution in [1.82, 2.24) is 15.5 Å². The fourth-order valence-electron chi connectivity index (χ4n) is 3.83. The third-order valence-electron chi connectivity index (χ3n) is 5.29. The number of ether oxygens (including phenoxy) is 1.